The molecule has 0 amide bonds. The molecule has 0 fully saturated rings. The predicted molar refractivity (Wildman–Crippen MR) is 169 cm³/mol. The van der Waals surface area contributed by atoms with Gasteiger partial charge in [0, 0.05) is 6.61 Å². The first-order valence-electron chi connectivity index (χ1n) is 16.6. The SMILES string of the molecule is CCCCCCCCCc1ccc(OCCOCCOCCOCCOCCOCCOCCOCCCCC)cc1. The summed E-state index contributed by atoms with van der Waals surface area (Å²) < 4.78 is 44.3. The standard InChI is InChI=1S/C34H62O8/c1-3-5-7-8-9-10-11-13-33-14-16-34(17-15-33)42-32-31-41-30-29-40-28-27-39-26-25-38-24-23-37-22-21-36-20-19-35-18-12-6-4-2/h14-17H,3-13,18-32H2,1-2H3. The van der Waals surface area contributed by atoms with Crippen molar-refractivity contribution in [3.63, 3.8) is 0 Å². The van der Waals surface area contributed by atoms with Crippen molar-refractivity contribution in [1.29, 1.82) is 0 Å². The van der Waals surface area contributed by atoms with Crippen LogP contribution in [0.15, 0.2) is 24.3 Å². The Morgan fingerprint density at radius 1 is 0.357 bits per heavy atom. The molecular formula is C34H62O8. The molecule has 0 spiro atoms. The third kappa shape index (κ3) is 27.6. The zero-order valence-electron chi connectivity index (χ0n) is 27.0. The van der Waals surface area contributed by atoms with Crippen molar-refractivity contribution in [2.24, 2.45) is 0 Å². The number of unbranched alkanes of at least 4 members (excludes halogenated alkanes) is 8. The Bertz CT molecular complexity index is 643. The fourth-order valence-corrected chi connectivity index (χ4v) is 4.13. The summed E-state index contributed by atoms with van der Waals surface area (Å²) in [6.07, 6.45) is 14.1. The molecule has 0 saturated carbocycles. The maximum absolute atomic E-state index is 5.78. The van der Waals surface area contributed by atoms with Crippen molar-refractivity contribution in [2.45, 2.75) is 84.5 Å². The molecule has 0 heterocycles. The van der Waals surface area contributed by atoms with Crippen LogP contribution in [0.2, 0.25) is 0 Å². The lowest BCUT2D eigenvalue weighted by Gasteiger charge is -2.09. The Labute approximate surface area is 257 Å². The van der Waals surface area contributed by atoms with Gasteiger partial charge in [0.05, 0.1) is 85.9 Å². The van der Waals surface area contributed by atoms with E-state index in [1.54, 1.807) is 0 Å². The van der Waals surface area contributed by atoms with Crippen LogP contribution < -0.4 is 4.74 Å². The summed E-state index contributed by atoms with van der Waals surface area (Å²) in [6.45, 7) is 13.1. The largest absolute Gasteiger partial charge is 0.491 e. The molecule has 0 radical (unpaired) electrons. The lowest BCUT2D eigenvalue weighted by Crippen LogP contribution is -2.15. The average Bonchev–Trinajstić information content (AvgIpc) is 3.01. The van der Waals surface area contributed by atoms with E-state index in [-0.39, 0.29) is 0 Å². The predicted octanol–water partition coefficient (Wildman–Crippen LogP) is 6.66. The van der Waals surface area contributed by atoms with E-state index in [1.807, 2.05) is 0 Å². The van der Waals surface area contributed by atoms with Crippen LogP contribution in [-0.2, 0) is 39.6 Å². The third-order valence-corrected chi connectivity index (χ3v) is 6.61. The number of rotatable bonds is 34. The van der Waals surface area contributed by atoms with Crippen LogP contribution in [0.3, 0.4) is 0 Å². The molecule has 0 N–H and O–H groups in total. The van der Waals surface area contributed by atoms with E-state index in [0.717, 1.165) is 25.2 Å². The first-order valence-corrected chi connectivity index (χ1v) is 16.6. The molecule has 1 rings (SSSR count). The fraction of sp³-hybridized carbons (Fsp3) is 0.824. The van der Waals surface area contributed by atoms with Crippen molar-refractivity contribution < 1.29 is 37.9 Å². The van der Waals surface area contributed by atoms with E-state index in [2.05, 4.69) is 38.1 Å². The monoisotopic (exact) mass is 598 g/mol. The van der Waals surface area contributed by atoms with Crippen molar-refractivity contribution in [1.82, 2.24) is 0 Å². The molecule has 1 aromatic carbocycles. The van der Waals surface area contributed by atoms with E-state index in [1.165, 1.54) is 63.4 Å². The van der Waals surface area contributed by atoms with Crippen LogP contribution in [0.4, 0.5) is 0 Å². The van der Waals surface area contributed by atoms with E-state index >= 15 is 0 Å². The van der Waals surface area contributed by atoms with Crippen molar-refractivity contribution in [2.75, 3.05) is 99.1 Å². The average molecular weight is 599 g/mol. The molecule has 0 atom stereocenters. The molecule has 0 saturated heterocycles. The highest BCUT2D eigenvalue weighted by atomic mass is 16.6. The highest BCUT2D eigenvalue weighted by Crippen LogP contribution is 2.15. The summed E-state index contributed by atoms with van der Waals surface area (Å²) in [5, 5.41) is 0. The Kier molecular flexibility index (Phi) is 30.1. The first kappa shape index (κ1) is 38.8. The van der Waals surface area contributed by atoms with Crippen LogP contribution >= 0.6 is 0 Å². The van der Waals surface area contributed by atoms with Crippen LogP contribution in [0.1, 0.15) is 83.6 Å². The second-order valence-electron chi connectivity index (χ2n) is 10.4. The van der Waals surface area contributed by atoms with Gasteiger partial charge in [-0.3, -0.25) is 0 Å². The number of ether oxygens (including phenoxy) is 8. The third-order valence-electron chi connectivity index (χ3n) is 6.61. The van der Waals surface area contributed by atoms with E-state index in [4.69, 9.17) is 37.9 Å². The summed E-state index contributed by atoms with van der Waals surface area (Å²) in [4.78, 5) is 0. The van der Waals surface area contributed by atoms with Gasteiger partial charge in [0.25, 0.3) is 0 Å². The highest BCUT2D eigenvalue weighted by Gasteiger charge is 1.99. The van der Waals surface area contributed by atoms with Crippen LogP contribution in [0.25, 0.3) is 0 Å². The van der Waals surface area contributed by atoms with Crippen LogP contribution in [-0.4, -0.2) is 99.1 Å². The quantitative estimate of drug-likeness (QED) is 0.0815. The number of hydrogen-bond donors (Lipinski definition) is 0. The van der Waals surface area contributed by atoms with Gasteiger partial charge in [-0.2, -0.15) is 0 Å². The van der Waals surface area contributed by atoms with Gasteiger partial charge < -0.3 is 37.9 Å². The molecule has 0 aromatic heterocycles. The molecule has 0 bridgehead atoms. The number of benzene rings is 1. The molecule has 0 unspecified atom stereocenters. The van der Waals surface area contributed by atoms with Gasteiger partial charge in [-0.05, 0) is 37.0 Å². The summed E-state index contributed by atoms with van der Waals surface area (Å²) in [6, 6.07) is 8.47. The lowest BCUT2D eigenvalue weighted by atomic mass is 10.0. The minimum absolute atomic E-state index is 0.535. The smallest absolute Gasteiger partial charge is 0.119 e. The Morgan fingerprint density at radius 3 is 1.17 bits per heavy atom. The summed E-state index contributed by atoms with van der Waals surface area (Å²) >= 11 is 0. The molecule has 8 heteroatoms. The lowest BCUT2D eigenvalue weighted by molar-refractivity contribution is -0.0212. The second-order valence-corrected chi connectivity index (χ2v) is 10.4. The highest BCUT2D eigenvalue weighted by molar-refractivity contribution is 5.27. The molecule has 42 heavy (non-hydrogen) atoms. The number of hydrogen-bond acceptors (Lipinski definition) is 8. The zero-order chi connectivity index (χ0) is 30.0. The molecule has 0 aliphatic carbocycles. The zero-order valence-corrected chi connectivity index (χ0v) is 27.0. The Morgan fingerprint density at radius 2 is 0.714 bits per heavy atom. The van der Waals surface area contributed by atoms with Crippen molar-refractivity contribution >= 4 is 0 Å². The van der Waals surface area contributed by atoms with E-state index in [0.29, 0.717) is 92.5 Å². The summed E-state index contributed by atoms with van der Waals surface area (Å²) in [5.74, 6) is 0.895. The van der Waals surface area contributed by atoms with E-state index in [9.17, 15) is 0 Å². The minimum Gasteiger partial charge on any atom is -0.491 e. The van der Waals surface area contributed by atoms with Crippen LogP contribution in [0, 0.1) is 0 Å². The van der Waals surface area contributed by atoms with Gasteiger partial charge in [-0.25, -0.2) is 0 Å². The Hall–Kier alpha value is -1.26. The maximum Gasteiger partial charge on any atom is 0.119 e. The van der Waals surface area contributed by atoms with Gasteiger partial charge in [0.2, 0.25) is 0 Å². The van der Waals surface area contributed by atoms with Gasteiger partial charge >= 0.3 is 0 Å². The van der Waals surface area contributed by atoms with Gasteiger partial charge in [-0.15, -0.1) is 0 Å². The topological polar surface area (TPSA) is 73.8 Å². The van der Waals surface area contributed by atoms with Crippen LogP contribution in [0.5, 0.6) is 5.75 Å². The summed E-state index contributed by atoms with van der Waals surface area (Å²) in [5.41, 5.74) is 1.39. The normalized spacial score (nSPS) is 11.4. The molecule has 8 nitrogen and oxygen atoms in total. The number of aryl methyl sites for hydroxylation is 1. The van der Waals surface area contributed by atoms with Gasteiger partial charge in [0.1, 0.15) is 12.4 Å². The van der Waals surface area contributed by atoms with Gasteiger partial charge in [0.15, 0.2) is 0 Å². The molecule has 1 aromatic rings. The molecular weight excluding hydrogens is 536 g/mol. The van der Waals surface area contributed by atoms with E-state index < -0.39 is 0 Å². The molecule has 246 valence electrons. The molecule has 0 aliphatic heterocycles. The van der Waals surface area contributed by atoms with Crippen molar-refractivity contribution in [3.8, 4) is 5.75 Å². The van der Waals surface area contributed by atoms with Crippen molar-refractivity contribution in [3.05, 3.63) is 29.8 Å². The fourth-order valence-electron chi connectivity index (χ4n) is 4.13. The Balaban J connectivity index is 1.74. The second kappa shape index (κ2) is 32.6. The maximum atomic E-state index is 5.78. The minimum atomic E-state index is 0.535. The van der Waals surface area contributed by atoms with Gasteiger partial charge in [-0.1, -0.05) is 77.3 Å². The molecule has 0 aliphatic rings. The summed E-state index contributed by atoms with van der Waals surface area (Å²) in [7, 11) is 0. The first-order chi connectivity index (χ1) is 20.9.